The van der Waals surface area contributed by atoms with Crippen molar-refractivity contribution in [1.29, 1.82) is 0 Å². The molecule has 10 nitrogen and oxygen atoms in total. The Bertz CT molecular complexity index is 1160. The fourth-order valence-corrected chi connectivity index (χ4v) is 4.42. The molecule has 4 rings (SSSR count). The Morgan fingerprint density at radius 3 is 2.73 bits per heavy atom. The van der Waals surface area contributed by atoms with Crippen molar-refractivity contribution in [2.24, 2.45) is 7.05 Å². The van der Waals surface area contributed by atoms with E-state index in [9.17, 15) is 14.4 Å². The number of hydrogen-bond acceptors (Lipinski definition) is 7. The SMILES string of the molecule is C=CC(=O)Nc1cc(Nc2nc(Br)cn(C)c2=O)ccc1C1CN(C)C(=O)CN1C1COC1. The van der Waals surface area contributed by atoms with E-state index in [-0.39, 0.29) is 41.8 Å². The monoisotopic (exact) mass is 516 g/mol. The first-order valence-corrected chi connectivity index (χ1v) is 11.2. The second kappa shape index (κ2) is 9.46. The summed E-state index contributed by atoms with van der Waals surface area (Å²) < 4.78 is 7.29. The van der Waals surface area contributed by atoms with Gasteiger partial charge in [-0.25, -0.2) is 4.98 Å². The lowest BCUT2D eigenvalue weighted by Gasteiger charge is -2.47. The topological polar surface area (TPSA) is 109 Å². The predicted octanol–water partition coefficient (Wildman–Crippen LogP) is 1.62. The number of benzene rings is 1. The molecular formula is C22H25BrN6O4. The van der Waals surface area contributed by atoms with Crippen molar-refractivity contribution in [3.8, 4) is 0 Å². The fourth-order valence-electron chi connectivity index (χ4n) is 3.93. The summed E-state index contributed by atoms with van der Waals surface area (Å²) in [6, 6.07) is 5.48. The summed E-state index contributed by atoms with van der Waals surface area (Å²) in [5.74, 6) is -0.162. The summed E-state index contributed by atoms with van der Waals surface area (Å²) in [5, 5.41) is 5.91. The molecule has 2 aliphatic heterocycles. The Kier molecular flexibility index (Phi) is 6.63. The van der Waals surface area contributed by atoms with Crippen LogP contribution >= 0.6 is 15.9 Å². The van der Waals surface area contributed by atoms with Gasteiger partial charge in [0.05, 0.1) is 31.8 Å². The molecule has 0 aliphatic carbocycles. The number of aryl methyl sites for hydroxylation is 1. The normalized spacial score (nSPS) is 19.2. The van der Waals surface area contributed by atoms with Crippen molar-refractivity contribution >= 4 is 44.9 Å². The molecule has 0 bridgehead atoms. The number of carbonyl (C=O) groups is 2. The van der Waals surface area contributed by atoms with Gasteiger partial charge in [0, 0.05) is 38.2 Å². The molecule has 1 unspecified atom stereocenters. The molecule has 11 heteroatoms. The third-order valence-electron chi connectivity index (χ3n) is 5.84. The van der Waals surface area contributed by atoms with Gasteiger partial charge in [0.15, 0.2) is 5.82 Å². The van der Waals surface area contributed by atoms with Gasteiger partial charge in [0.25, 0.3) is 5.56 Å². The summed E-state index contributed by atoms with van der Waals surface area (Å²) in [6.45, 7) is 5.44. The van der Waals surface area contributed by atoms with Gasteiger partial charge in [-0.15, -0.1) is 0 Å². The highest BCUT2D eigenvalue weighted by Gasteiger charge is 2.39. The highest BCUT2D eigenvalue weighted by Crippen LogP contribution is 2.35. The molecule has 2 aliphatic rings. The van der Waals surface area contributed by atoms with E-state index in [1.165, 1.54) is 10.6 Å². The average molecular weight is 517 g/mol. The van der Waals surface area contributed by atoms with Crippen LogP contribution in [0.3, 0.4) is 0 Å². The van der Waals surface area contributed by atoms with Crippen molar-refractivity contribution in [2.75, 3.05) is 44.0 Å². The highest BCUT2D eigenvalue weighted by molar-refractivity contribution is 9.10. The van der Waals surface area contributed by atoms with Crippen LogP contribution in [0.15, 0.2) is 46.4 Å². The van der Waals surface area contributed by atoms with Gasteiger partial charge in [-0.2, -0.15) is 0 Å². The molecule has 0 saturated carbocycles. The van der Waals surface area contributed by atoms with Crippen LogP contribution in [-0.4, -0.2) is 70.6 Å². The van der Waals surface area contributed by atoms with E-state index in [4.69, 9.17) is 4.74 Å². The zero-order valence-electron chi connectivity index (χ0n) is 18.4. The number of nitrogens with one attached hydrogen (secondary N) is 2. The zero-order chi connectivity index (χ0) is 23.7. The number of hydrogen-bond donors (Lipinski definition) is 2. The number of carbonyl (C=O) groups excluding carboxylic acids is 2. The molecule has 3 heterocycles. The third-order valence-corrected chi connectivity index (χ3v) is 6.22. The molecule has 2 saturated heterocycles. The molecule has 0 radical (unpaired) electrons. The molecule has 1 aromatic carbocycles. The van der Waals surface area contributed by atoms with Gasteiger partial charge < -0.3 is 24.8 Å². The lowest BCUT2D eigenvalue weighted by molar-refractivity contribution is -0.147. The minimum atomic E-state index is -0.358. The molecule has 2 fully saturated rings. The van der Waals surface area contributed by atoms with Gasteiger partial charge in [-0.05, 0) is 39.7 Å². The van der Waals surface area contributed by atoms with Crippen LogP contribution in [0, 0.1) is 0 Å². The van der Waals surface area contributed by atoms with Gasteiger partial charge in [-0.1, -0.05) is 12.6 Å². The van der Waals surface area contributed by atoms with Gasteiger partial charge in [-0.3, -0.25) is 19.3 Å². The number of piperazine rings is 1. The molecule has 33 heavy (non-hydrogen) atoms. The molecule has 1 atom stereocenters. The maximum Gasteiger partial charge on any atom is 0.293 e. The minimum absolute atomic E-state index is 0.0460. The van der Waals surface area contributed by atoms with Crippen LogP contribution in [0.5, 0.6) is 0 Å². The Balaban J connectivity index is 1.72. The standard InChI is InChI=1S/C22H25BrN6O4/c1-4-19(30)25-16-7-13(24-21-22(32)28(3)9-18(23)26-21)5-6-15(16)17-8-27(2)20(31)10-29(17)14-11-33-12-14/h4-7,9,14,17H,1,8,10-12H2,2-3H3,(H,24,26)(H,25,30). The van der Waals surface area contributed by atoms with Crippen molar-refractivity contribution in [3.63, 3.8) is 0 Å². The smallest absolute Gasteiger partial charge is 0.293 e. The number of nitrogens with zero attached hydrogens (tertiary/aromatic N) is 4. The summed E-state index contributed by atoms with van der Waals surface area (Å²) >= 11 is 3.30. The lowest BCUT2D eigenvalue weighted by Crippen LogP contribution is -2.59. The summed E-state index contributed by atoms with van der Waals surface area (Å²) in [6.07, 6.45) is 2.77. The van der Waals surface area contributed by atoms with Crippen LogP contribution in [0.1, 0.15) is 11.6 Å². The molecule has 2 amide bonds. The summed E-state index contributed by atoms with van der Waals surface area (Å²) in [4.78, 5) is 45.1. The molecular weight excluding hydrogens is 492 g/mol. The molecule has 2 N–H and O–H groups in total. The molecule has 0 spiro atoms. The van der Waals surface area contributed by atoms with E-state index in [0.29, 0.717) is 35.7 Å². The second-order valence-electron chi connectivity index (χ2n) is 8.10. The van der Waals surface area contributed by atoms with Crippen LogP contribution in [0.25, 0.3) is 0 Å². The number of likely N-dealkylation sites (N-methyl/N-ethyl adjacent to an activating group) is 1. The second-order valence-corrected chi connectivity index (χ2v) is 8.91. The number of halogens is 1. The minimum Gasteiger partial charge on any atom is -0.378 e. The van der Waals surface area contributed by atoms with Crippen LogP contribution in [-0.2, 0) is 21.4 Å². The van der Waals surface area contributed by atoms with Crippen molar-refractivity contribution in [2.45, 2.75) is 12.1 Å². The van der Waals surface area contributed by atoms with Gasteiger partial charge in [0.1, 0.15) is 4.60 Å². The quantitative estimate of drug-likeness (QED) is 0.561. The Morgan fingerprint density at radius 2 is 2.06 bits per heavy atom. The third kappa shape index (κ3) is 4.85. The molecule has 2 aromatic rings. The van der Waals surface area contributed by atoms with Crippen LogP contribution in [0.4, 0.5) is 17.2 Å². The van der Waals surface area contributed by atoms with Crippen molar-refractivity contribution in [1.82, 2.24) is 19.4 Å². The fraction of sp³-hybridized carbons (Fsp3) is 0.364. The Hall–Kier alpha value is -3.02. The van der Waals surface area contributed by atoms with E-state index in [0.717, 1.165) is 5.56 Å². The molecule has 1 aromatic heterocycles. The number of anilines is 3. The number of ether oxygens (including phenoxy) is 1. The number of aromatic nitrogens is 2. The maximum atomic E-state index is 12.5. The summed E-state index contributed by atoms with van der Waals surface area (Å²) in [5.41, 5.74) is 1.72. The van der Waals surface area contributed by atoms with E-state index in [1.807, 2.05) is 12.1 Å². The largest absolute Gasteiger partial charge is 0.378 e. The number of rotatable bonds is 6. The lowest BCUT2D eigenvalue weighted by atomic mass is 9.97. The van der Waals surface area contributed by atoms with E-state index in [2.05, 4.69) is 43.0 Å². The zero-order valence-corrected chi connectivity index (χ0v) is 20.0. The molecule has 174 valence electrons. The number of amides is 2. The Labute approximate surface area is 199 Å². The van der Waals surface area contributed by atoms with Gasteiger partial charge >= 0.3 is 0 Å². The first-order valence-electron chi connectivity index (χ1n) is 10.4. The first kappa shape index (κ1) is 23.1. The predicted molar refractivity (Wildman–Crippen MR) is 127 cm³/mol. The first-order chi connectivity index (χ1) is 15.8. The van der Waals surface area contributed by atoms with Crippen molar-refractivity contribution < 1.29 is 14.3 Å². The Morgan fingerprint density at radius 1 is 1.30 bits per heavy atom. The van der Waals surface area contributed by atoms with E-state index >= 15 is 0 Å². The van der Waals surface area contributed by atoms with Crippen molar-refractivity contribution in [3.05, 3.63) is 57.6 Å². The van der Waals surface area contributed by atoms with E-state index in [1.54, 1.807) is 31.3 Å². The highest BCUT2D eigenvalue weighted by atomic mass is 79.9. The van der Waals surface area contributed by atoms with E-state index < -0.39 is 0 Å². The van der Waals surface area contributed by atoms with Crippen LogP contribution in [0.2, 0.25) is 0 Å². The van der Waals surface area contributed by atoms with Gasteiger partial charge in [0.2, 0.25) is 11.8 Å². The summed E-state index contributed by atoms with van der Waals surface area (Å²) in [7, 11) is 3.41. The maximum absolute atomic E-state index is 12.5. The van der Waals surface area contributed by atoms with Crippen LogP contribution < -0.4 is 16.2 Å². The average Bonchev–Trinajstić information content (AvgIpc) is 2.73.